The Morgan fingerprint density at radius 2 is 0.647 bits per heavy atom. The third kappa shape index (κ3) is 53.7. The summed E-state index contributed by atoms with van der Waals surface area (Å²) in [7, 11) is 0. The maximum absolute atomic E-state index is 12.5. The third-order valence-electron chi connectivity index (χ3n) is 12.5. The lowest BCUT2D eigenvalue weighted by atomic mass is 10.0. The van der Waals surface area contributed by atoms with Gasteiger partial charge in [-0.2, -0.15) is 0 Å². The van der Waals surface area contributed by atoms with Crippen molar-refractivity contribution >= 4 is 5.91 Å². The van der Waals surface area contributed by atoms with Crippen molar-refractivity contribution in [3.63, 3.8) is 0 Å². The Bertz CT molecular complexity index is 1340. The molecule has 3 N–H and O–H groups in total. The SMILES string of the molecule is CC/C=C\C/C=C\C/C=C\C/C=C\C/C=C\C/C=C\C/C=C\C/C=C\C/C=C\CCCCCCCCCCCCCC(=O)NC(CO)C(O)/C=C/CCCCCCCCCCCCCCCCC. The molecule has 0 aliphatic heterocycles. The zero-order chi connectivity index (χ0) is 49.2. The monoisotopic (exact) mass is 940 g/mol. The van der Waals surface area contributed by atoms with Crippen LogP contribution in [0.15, 0.2) is 122 Å². The van der Waals surface area contributed by atoms with E-state index in [9.17, 15) is 15.0 Å². The molecular weight excluding hydrogens is 831 g/mol. The van der Waals surface area contributed by atoms with E-state index in [0.29, 0.717) is 6.42 Å². The molecular formula is C64H109NO3. The first-order valence-corrected chi connectivity index (χ1v) is 28.7. The van der Waals surface area contributed by atoms with Gasteiger partial charge in [0.1, 0.15) is 0 Å². The van der Waals surface area contributed by atoms with Crippen molar-refractivity contribution in [2.24, 2.45) is 0 Å². The van der Waals surface area contributed by atoms with Crippen molar-refractivity contribution in [1.29, 1.82) is 0 Å². The summed E-state index contributed by atoms with van der Waals surface area (Å²) in [5.41, 5.74) is 0. The molecule has 4 heteroatoms. The van der Waals surface area contributed by atoms with Gasteiger partial charge in [-0.25, -0.2) is 0 Å². The van der Waals surface area contributed by atoms with Crippen LogP contribution in [0.1, 0.15) is 258 Å². The number of carbonyl (C=O) groups is 1. The van der Waals surface area contributed by atoms with Gasteiger partial charge in [0, 0.05) is 6.42 Å². The van der Waals surface area contributed by atoms with Gasteiger partial charge in [-0.05, 0) is 89.9 Å². The van der Waals surface area contributed by atoms with Crippen molar-refractivity contribution in [3.05, 3.63) is 122 Å². The molecule has 2 atom stereocenters. The van der Waals surface area contributed by atoms with Crippen molar-refractivity contribution in [2.45, 2.75) is 270 Å². The number of aliphatic hydroxyl groups is 2. The van der Waals surface area contributed by atoms with Crippen LogP contribution in [0.5, 0.6) is 0 Å². The molecule has 0 radical (unpaired) electrons. The summed E-state index contributed by atoms with van der Waals surface area (Å²) in [6.07, 6.45) is 89.2. The minimum Gasteiger partial charge on any atom is -0.394 e. The summed E-state index contributed by atoms with van der Waals surface area (Å²) in [5.74, 6) is -0.0708. The summed E-state index contributed by atoms with van der Waals surface area (Å²) in [6.45, 7) is 4.20. The Kier molecular flexibility index (Phi) is 55.4. The average molecular weight is 941 g/mol. The molecule has 0 fully saturated rings. The summed E-state index contributed by atoms with van der Waals surface area (Å²) in [4.78, 5) is 12.5. The van der Waals surface area contributed by atoms with E-state index in [1.54, 1.807) is 6.08 Å². The average Bonchev–Trinajstić information content (AvgIpc) is 3.34. The van der Waals surface area contributed by atoms with Gasteiger partial charge in [0.2, 0.25) is 5.91 Å². The van der Waals surface area contributed by atoms with Crippen LogP contribution >= 0.6 is 0 Å². The Morgan fingerprint density at radius 1 is 0.368 bits per heavy atom. The first-order valence-electron chi connectivity index (χ1n) is 28.7. The molecule has 0 aromatic rings. The topological polar surface area (TPSA) is 69.6 Å². The number of hydrogen-bond acceptors (Lipinski definition) is 3. The zero-order valence-corrected chi connectivity index (χ0v) is 44.6. The number of nitrogens with one attached hydrogen (secondary N) is 1. The van der Waals surface area contributed by atoms with E-state index in [4.69, 9.17) is 0 Å². The van der Waals surface area contributed by atoms with Crippen molar-refractivity contribution in [3.8, 4) is 0 Å². The molecule has 68 heavy (non-hydrogen) atoms. The highest BCUT2D eigenvalue weighted by Crippen LogP contribution is 2.15. The number of rotatable bonds is 51. The van der Waals surface area contributed by atoms with Gasteiger partial charge in [-0.15, -0.1) is 0 Å². The zero-order valence-electron chi connectivity index (χ0n) is 44.6. The number of allylic oxidation sites excluding steroid dienone is 19. The highest BCUT2D eigenvalue weighted by molar-refractivity contribution is 5.76. The lowest BCUT2D eigenvalue weighted by Crippen LogP contribution is -2.45. The predicted molar refractivity (Wildman–Crippen MR) is 303 cm³/mol. The van der Waals surface area contributed by atoms with Crippen molar-refractivity contribution in [2.75, 3.05) is 6.61 Å². The summed E-state index contributed by atoms with van der Waals surface area (Å²) in [5, 5.41) is 23.1. The fourth-order valence-corrected chi connectivity index (χ4v) is 8.11. The van der Waals surface area contributed by atoms with Crippen LogP contribution in [-0.2, 0) is 4.79 Å². The molecule has 0 aromatic heterocycles. The van der Waals surface area contributed by atoms with Crippen molar-refractivity contribution in [1.82, 2.24) is 5.32 Å². The first kappa shape index (κ1) is 64.8. The minimum atomic E-state index is -0.847. The van der Waals surface area contributed by atoms with Gasteiger partial charge in [0.05, 0.1) is 18.8 Å². The Labute approximate surface area is 422 Å². The van der Waals surface area contributed by atoms with E-state index in [1.807, 2.05) is 6.08 Å². The summed E-state index contributed by atoms with van der Waals surface area (Å²) >= 11 is 0. The number of amides is 1. The smallest absolute Gasteiger partial charge is 0.220 e. The molecule has 2 unspecified atom stereocenters. The fourth-order valence-electron chi connectivity index (χ4n) is 8.11. The fraction of sp³-hybridized carbons (Fsp3) is 0.672. The van der Waals surface area contributed by atoms with E-state index < -0.39 is 12.1 Å². The molecule has 0 rings (SSSR count). The van der Waals surface area contributed by atoms with Gasteiger partial charge >= 0.3 is 0 Å². The normalized spacial score (nSPS) is 13.8. The van der Waals surface area contributed by atoms with Crippen LogP contribution in [0.25, 0.3) is 0 Å². The molecule has 0 aliphatic rings. The van der Waals surface area contributed by atoms with E-state index in [-0.39, 0.29) is 12.5 Å². The molecule has 0 heterocycles. The van der Waals surface area contributed by atoms with Crippen LogP contribution in [0.2, 0.25) is 0 Å². The van der Waals surface area contributed by atoms with Gasteiger partial charge in [-0.3, -0.25) is 4.79 Å². The first-order chi connectivity index (χ1) is 33.7. The van der Waals surface area contributed by atoms with Crippen LogP contribution < -0.4 is 5.32 Å². The van der Waals surface area contributed by atoms with E-state index in [0.717, 1.165) is 83.5 Å². The van der Waals surface area contributed by atoms with Gasteiger partial charge in [-0.1, -0.05) is 283 Å². The lowest BCUT2D eigenvalue weighted by Gasteiger charge is -2.20. The highest BCUT2D eigenvalue weighted by Gasteiger charge is 2.18. The Balaban J connectivity index is 3.59. The lowest BCUT2D eigenvalue weighted by molar-refractivity contribution is -0.123. The largest absolute Gasteiger partial charge is 0.394 e. The van der Waals surface area contributed by atoms with E-state index in [2.05, 4.69) is 129 Å². The van der Waals surface area contributed by atoms with Crippen LogP contribution in [0.3, 0.4) is 0 Å². The molecule has 4 nitrogen and oxygen atoms in total. The van der Waals surface area contributed by atoms with Gasteiger partial charge in [0.25, 0.3) is 0 Å². The van der Waals surface area contributed by atoms with E-state index in [1.165, 1.54) is 154 Å². The number of carbonyl (C=O) groups excluding carboxylic acids is 1. The molecule has 0 saturated heterocycles. The van der Waals surface area contributed by atoms with Crippen molar-refractivity contribution < 1.29 is 15.0 Å². The summed E-state index contributed by atoms with van der Waals surface area (Å²) < 4.78 is 0. The van der Waals surface area contributed by atoms with Crippen LogP contribution in [0.4, 0.5) is 0 Å². The second-order valence-corrected chi connectivity index (χ2v) is 19.0. The maximum atomic E-state index is 12.5. The third-order valence-corrected chi connectivity index (χ3v) is 12.5. The summed E-state index contributed by atoms with van der Waals surface area (Å²) in [6, 6.07) is -0.631. The molecule has 0 spiro atoms. The predicted octanol–water partition coefficient (Wildman–Crippen LogP) is 19.2. The Hall–Kier alpha value is -3.21. The molecule has 0 aromatic carbocycles. The molecule has 0 bridgehead atoms. The second kappa shape index (κ2) is 58.1. The quantitative estimate of drug-likeness (QED) is 0.0420. The van der Waals surface area contributed by atoms with E-state index >= 15 is 0 Å². The van der Waals surface area contributed by atoms with Gasteiger partial charge in [0.15, 0.2) is 0 Å². The molecule has 0 aliphatic carbocycles. The number of aliphatic hydroxyl groups excluding tert-OH is 2. The number of unbranched alkanes of at least 4 members (excludes halogenated alkanes) is 26. The number of hydrogen-bond donors (Lipinski definition) is 3. The standard InChI is InChI=1S/C64H109NO3/c1-3-5-7-9-11-13-15-17-19-21-22-23-24-25-26-27-28-29-30-31-32-33-34-35-36-37-38-39-40-41-42-44-46-48-50-52-54-56-58-60-64(68)65-62(61-66)63(67)59-57-55-53-51-49-47-45-43-20-18-16-14-12-10-8-6-4-2/h5,7,11,13,17,19,22-23,25-26,28-29,31-32,34-35,37-38,57,59,62-63,66-67H,3-4,6,8-10,12,14-16,18,20-21,24,27,30,33,36,39-56,58,60-61H2,1-2H3,(H,65,68)/b7-5-,13-11-,19-17-,23-22-,26-25-,29-28-,32-31-,35-34-,38-37-,59-57+. The maximum Gasteiger partial charge on any atom is 0.220 e. The molecule has 1 amide bonds. The Morgan fingerprint density at radius 3 is 0.971 bits per heavy atom. The van der Waals surface area contributed by atoms with Gasteiger partial charge < -0.3 is 15.5 Å². The van der Waals surface area contributed by atoms with Crippen LogP contribution in [0, 0.1) is 0 Å². The molecule has 0 saturated carbocycles. The molecule has 388 valence electrons. The minimum absolute atomic E-state index is 0.0708. The second-order valence-electron chi connectivity index (χ2n) is 19.0. The highest BCUT2D eigenvalue weighted by atomic mass is 16.3. The van der Waals surface area contributed by atoms with Crippen LogP contribution in [-0.4, -0.2) is 34.9 Å².